The Morgan fingerprint density at radius 2 is 1.84 bits per heavy atom. The molecule has 0 saturated carbocycles. The van der Waals surface area contributed by atoms with Crippen molar-refractivity contribution in [3.63, 3.8) is 0 Å². The highest BCUT2D eigenvalue weighted by atomic mass is 16.5. The summed E-state index contributed by atoms with van der Waals surface area (Å²) in [7, 11) is 1.60. The molecule has 0 saturated heterocycles. The molecule has 1 aliphatic carbocycles. The Labute approximate surface area is 149 Å². The summed E-state index contributed by atoms with van der Waals surface area (Å²) < 4.78 is 10.7. The van der Waals surface area contributed by atoms with E-state index < -0.39 is 0 Å². The van der Waals surface area contributed by atoms with Gasteiger partial charge in [0.25, 0.3) is 5.91 Å². The van der Waals surface area contributed by atoms with Gasteiger partial charge in [-0.1, -0.05) is 24.3 Å². The average Bonchev–Trinajstić information content (AvgIpc) is 2.66. The van der Waals surface area contributed by atoms with Crippen molar-refractivity contribution in [2.24, 2.45) is 0 Å². The molecular weight excluding hydrogens is 314 g/mol. The summed E-state index contributed by atoms with van der Waals surface area (Å²) in [5, 5.41) is 3.01. The lowest BCUT2D eigenvalue weighted by Crippen LogP contribution is -2.31. The monoisotopic (exact) mass is 339 g/mol. The number of benzene rings is 2. The second-order valence-corrected chi connectivity index (χ2v) is 6.49. The van der Waals surface area contributed by atoms with Gasteiger partial charge in [0, 0.05) is 6.07 Å². The van der Waals surface area contributed by atoms with Crippen LogP contribution in [0.2, 0.25) is 0 Å². The Balaban J connectivity index is 1.55. The van der Waals surface area contributed by atoms with Crippen molar-refractivity contribution in [1.29, 1.82) is 0 Å². The maximum Gasteiger partial charge on any atom is 0.258 e. The summed E-state index contributed by atoms with van der Waals surface area (Å²) in [5.41, 5.74) is 4.03. The van der Waals surface area contributed by atoms with E-state index in [4.69, 9.17) is 9.47 Å². The molecular formula is C21H25NO3. The molecule has 3 rings (SSSR count). The van der Waals surface area contributed by atoms with Crippen LogP contribution in [0, 0.1) is 0 Å². The van der Waals surface area contributed by atoms with E-state index in [1.807, 2.05) is 25.1 Å². The van der Waals surface area contributed by atoms with Gasteiger partial charge in [-0.3, -0.25) is 4.79 Å². The zero-order valence-electron chi connectivity index (χ0n) is 14.9. The first-order valence-corrected chi connectivity index (χ1v) is 8.83. The molecule has 1 aliphatic rings. The Kier molecular flexibility index (Phi) is 5.59. The number of methoxy groups -OCH3 is 1. The van der Waals surface area contributed by atoms with Crippen molar-refractivity contribution in [3.05, 3.63) is 59.2 Å². The molecule has 0 aliphatic heterocycles. The van der Waals surface area contributed by atoms with Crippen LogP contribution < -0.4 is 14.8 Å². The van der Waals surface area contributed by atoms with E-state index in [1.54, 1.807) is 13.2 Å². The molecule has 0 heterocycles. The molecule has 0 bridgehead atoms. The molecule has 1 amide bonds. The molecule has 0 fully saturated rings. The lowest BCUT2D eigenvalue weighted by molar-refractivity contribution is -0.123. The van der Waals surface area contributed by atoms with Gasteiger partial charge in [0.2, 0.25) is 0 Å². The van der Waals surface area contributed by atoms with Gasteiger partial charge in [-0.2, -0.15) is 0 Å². The van der Waals surface area contributed by atoms with E-state index in [2.05, 4.69) is 23.5 Å². The predicted molar refractivity (Wildman–Crippen MR) is 98.1 cm³/mol. The van der Waals surface area contributed by atoms with Gasteiger partial charge in [0.1, 0.15) is 11.5 Å². The lowest BCUT2D eigenvalue weighted by Gasteiger charge is -2.20. The molecule has 25 heavy (non-hydrogen) atoms. The summed E-state index contributed by atoms with van der Waals surface area (Å²) in [5.74, 6) is 1.20. The Bertz CT molecular complexity index is 742. The molecule has 4 nitrogen and oxygen atoms in total. The Hall–Kier alpha value is -2.49. The number of hydrogen-bond donors (Lipinski definition) is 1. The Morgan fingerprint density at radius 1 is 1.08 bits per heavy atom. The zero-order valence-corrected chi connectivity index (χ0v) is 14.9. The molecule has 0 aromatic heterocycles. The lowest BCUT2D eigenvalue weighted by atomic mass is 9.89. The van der Waals surface area contributed by atoms with Crippen LogP contribution >= 0.6 is 0 Å². The summed E-state index contributed by atoms with van der Waals surface area (Å²) in [6.07, 6.45) is 4.85. The number of hydrogen-bond acceptors (Lipinski definition) is 3. The quantitative estimate of drug-likeness (QED) is 0.870. The molecule has 1 N–H and O–H groups in total. The topological polar surface area (TPSA) is 47.6 Å². The van der Waals surface area contributed by atoms with Gasteiger partial charge in [0.05, 0.1) is 13.2 Å². The van der Waals surface area contributed by atoms with Crippen LogP contribution in [0.3, 0.4) is 0 Å². The highest BCUT2D eigenvalue weighted by molar-refractivity contribution is 5.78. The molecule has 2 aromatic rings. The van der Waals surface area contributed by atoms with Crippen LogP contribution in [0.4, 0.5) is 0 Å². The number of amides is 1. The summed E-state index contributed by atoms with van der Waals surface area (Å²) in [4.78, 5) is 12.2. The van der Waals surface area contributed by atoms with Crippen molar-refractivity contribution in [3.8, 4) is 11.5 Å². The van der Waals surface area contributed by atoms with Crippen LogP contribution in [0.1, 0.15) is 42.5 Å². The number of fused-ring (bicyclic) bond motifs is 1. The predicted octanol–water partition coefficient (Wildman–Crippen LogP) is 3.83. The maximum absolute atomic E-state index is 12.2. The van der Waals surface area contributed by atoms with Gasteiger partial charge < -0.3 is 14.8 Å². The first-order valence-electron chi connectivity index (χ1n) is 8.83. The van der Waals surface area contributed by atoms with Crippen LogP contribution in [0.15, 0.2) is 42.5 Å². The van der Waals surface area contributed by atoms with E-state index >= 15 is 0 Å². The largest absolute Gasteiger partial charge is 0.497 e. The molecule has 2 aromatic carbocycles. The third kappa shape index (κ3) is 4.53. The molecule has 1 atom stereocenters. The molecule has 0 radical (unpaired) electrons. The third-order valence-corrected chi connectivity index (χ3v) is 4.66. The fourth-order valence-electron chi connectivity index (χ4n) is 3.23. The van der Waals surface area contributed by atoms with Gasteiger partial charge in [-0.25, -0.2) is 0 Å². The van der Waals surface area contributed by atoms with Gasteiger partial charge in [-0.15, -0.1) is 0 Å². The fourth-order valence-corrected chi connectivity index (χ4v) is 3.23. The number of ether oxygens (including phenoxy) is 2. The molecule has 4 heteroatoms. The second-order valence-electron chi connectivity index (χ2n) is 6.49. The number of carbonyl (C=O) groups is 1. The number of rotatable bonds is 6. The van der Waals surface area contributed by atoms with Crippen molar-refractivity contribution in [2.45, 2.75) is 38.6 Å². The van der Waals surface area contributed by atoms with Gasteiger partial charge in [-0.05, 0) is 61.4 Å². The summed E-state index contributed by atoms with van der Waals surface area (Å²) in [6.45, 7) is 2.00. The van der Waals surface area contributed by atoms with Crippen molar-refractivity contribution < 1.29 is 14.3 Å². The number of nitrogens with one attached hydrogen (secondary N) is 1. The maximum atomic E-state index is 12.2. The van der Waals surface area contributed by atoms with Crippen LogP contribution in [0.25, 0.3) is 0 Å². The standard InChI is InChI=1S/C21H25NO3/c1-15(17-11-10-16-6-3-4-7-18(16)12-17)22-21(23)14-25-20-9-5-8-19(13-20)24-2/h5,8-13,15H,3-4,6-7,14H2,1-2H3,(H,22,23)/t15-/m1/s1. The minimum Gasteiger partial charge on any atom is -0.497 e. The normalized spacial score (nSPS) is 14.3. The van der Waals surface area contributed by atoms with E-state index in [1.165, 1.54) is 30.4 Å². The summed E-state index contributed by atoms with van der Waals surface area (Å²) in [6, 6.07) is 13.8. The third-order valence-electron chi connectivity index (χ3n) is 4.66. The highest BCUT2D eigenvalue weighted by Gasteiger charge is 2.14. The van der Waals surface area contributed by atoms with Crippen LogP contribution in [0.5, 0.6) is 11.5 Å². The van der Waals surface area contributed by atoms with Crippen molar-refractivity contribution in [2.75, 3.05) is 13.7 Å². The van der Waals surface area contributed by atoms with Crippen LogP contribution in [-0.2, 0) is 17.6 Å². The average molecular weight is 339 g/mol. The first kappa shape index (κ1) is 17.3. The second kappa shape index (κ2) is 8.06. The smallest absolute Gasteiger partial charge is 0.258 e. The molecule has 132 valence electrons. The van der Waals surface area contributed by atoms with Gasteiger partial charge >= 0.3 is 0 Å². The van der Waals surface area contributed by atoms with Crippen LogP contribution in [-0.4, -0.2) is 19.6 Å². The number of aryl methyl sites for hydroxylation is 2. The van der Waals surface area contributed by atoms with E-state index in [0.29, 0.717) is 11.5 Å². The van der Waals surface area contributed by atoms with E-state index in [9.17, 15) is 4.79 Å². The first-order chi connectivity index (χ1) is 12.2. The highest BCUT2D eigenvalue weighted by Crippen LogP contribution is 2.25. The van der Waals surface area contributed by atoms with E-state index in [-0.39, 0.29) is 18.6 Å². The zero-order chi connectivity index (χ0) is 17.6. The van der Waals surface area contributed by atoms with Crippen molar-refractivity contribution in [1.82, 2.24) is 5.32 Å². The molecule has 0 spiro atoms. The SMILES string of the molecule is COc1cccc(OCC(=O)N[C@H](C)c2ccc3c(c2)CCCC3)c1. The minimum atomic E-state index is -0.131. The Morgan fingerprint density at radius 3 is 2.64 bits per heavy atom. The minimum absolute atomic E-state index is 0.0115. The van der Waals surface area contributed by atoms with Crippen molar-refractivity contribution >= 4 is 5.91 Å². The van der Waals surface area contributed by atoms with Gasteiger partial charge in [0.15, 0.2) is 6.61 Å². The van der Waals surface area contributed by atoms with E-state index in [0.717, 1.165) is 12.0 Å². The molecule has 0 unspecified atom stereocenters. The fraction of sp³-hybridized carbons (Fsp3) is 0.381. The number of carbonyl (C=O) groups excluding carboxylic acids is 1. The summed E-state index contributed by atoms with van der Waals surface area (Å²) >= 11 is 0.